The number of halogens is 2. The summed E-state index contributed by atoms with van der Waals surface area (Å²) < 4.78 is 5.97. The molecule has 0 saturated carbocycles. The quantitative estimate of drug-likeness (QED) is 0.153. The number of nitrogens with one attached hydrogen (secondary N) is 1. The molecular formula is C22H21Cl2N3O3S2. The highest BCUT2D eigenvalue weighted by molar-refractivity contribution is 8.02. The van der Waals surface area contributed by atoms with Gasteiger partial charge in [-0.15, -0.1) is 10.2 Å². The van der Waals surface area contributed by atoms with Gasteiger partial charge >= 0.3 is 5.97 Å². The first-order valence-electron chi connectivity index (χ1n) is 9.93. The fourth-order valence-electron chi connectivity index (χ4n) is 2.67. The molecule has 1 atom stereocenters. The summed E-state index contributed by atoms with van der Waals surface area (Å²) in [5, 5.41) is 11.7. The number of anilines is 1. The van der Waals surface area contributed by atoms with Crippen LogP contribution in [-0.4, -0.2) is 33.9 Å². The summed E-state index contributed by atoms with van der Waals surface area (Å²) in [5.41, 5.74) is 1.26. The Hall–Kier alpha value is -2.13. The fourth-order valence-corrected chi connectivity index (χ4v) is 5.07. The molecule has 0 bridgehead atoms. The second kappa shape index (κ2) is 12.2. The van der Waals surface area contributed by atoms with E-state index in [2.05, 4.69) is 15.5 Å². The molecule has 0 aliphatic heterocycles. The molecule has 2 aromatic carbocycles. The predicted molar refractivity (Wildman–Crippen MR) is 130 cm³/mol. The Bertz CT molecular complexity index is 1060. The zero-order valence-corrected chi connectivity index (χ0v) is 20.4. The van der Waals surface area contributed by atoms with Crippen LogP contribution >= 0.6 is 46.3 Å². The zero-order valence-electron chi connectivity index (χ0n) is 17.2. The topological polar surface area (TPSA) is 81.2 Å². The second-order valence-electron chi connectivity index (χ2n) is 6.76. The van der Waals surface area contributed by atoms with Crippen LogP contribution in [0.3, 0.4) is 0 Å². The highest BCUT2D eigenvalue weighted by atomic mass is 35.5. The number of carbonyl (C=O) groups excluding carboxylic acids is 2. The van der Waals surface area contributed by atoms with E-state index in [9.17, 15) is 9.59 Å². The molecule has 3 rings (SSSR count). The molecule has 0 unspecified atom stereocenters. The normalized spacial score (nSPS) is 11.7. The van der Waals surface area contributed by atoms with E-state index in [1.165, 1.54) is 23.1 Å². The molecule has 0 aliphatic rings. The minimum absolute atomic E-state index is 0.278. The maximum absolute atomic E-state index is 12.8. The van der Waals surface area contributed by atoms with E-state index >= 15 is 0 Å². The molecule has 0 spiro atoms. The lowest BCUT2D eigenvalue weighted by Crippen LogP contribution is -2.23. The number of benzene rings is 2. The lowest BCUT2D eigenvalue weighted by molar-refractivity contribution is -0.143. The molecular weight excluding hydrogens is 489 g/mol. The first-order chi connectivity index (χ1) is 15.5. The van der Waals surface area contributed by atoms with Crippen LogP contribution in [0.15, 0.2) is 52.9 Å². The van der Waals surface area contributed by atoms with Crippen LogP contribution in [0, 0.1) is 0 Å². The molecule has 6 nitrogen and oxygen atoms in total. The average Bonchev–Trinajstić information content (AvgIpc) is 3.23. The van der Waals surface area contributed by atoms with Crippen molar-refractivity contribution in [1.82, 2.24) is 10.2 Å². The smallest absolute Gasteiger partial charge is 0.319 e. The number of rotatable bonds is 10. The van der Waals surface area contributed by atoms with Gasteiger partial charge in [-0.2, -0.15) is 0 Å². The Kier molecular flexibility index (Phi) is 9.35. The molecule has 32 heavy (non-hydrogen) atoms. The first-order valence-corrected chi connectivity index (χ1v) is 12.4. The summed E-state index contributed by atoms with van der Waals surface area (Å²) in [6.07, 6.45) is 2.03. The van der Waals surface area contributed by atoms with Crippen molar-refractivity contribution in [2.24, 2.45) is 0 Å². The predicted octanol–water partition coefficient (Wildman–Crippen LogP) is 6.14. The van der Waals surface area contributed by atoms with Crippen molar-refractivity contribution in [2.45, 2.75) is 35.8 Å². The van der Waals surface area contributed by atoms with Crippen LogP contribution in [0.5, 0.6) is 0 Å². The molecule has 0 radical (unpaired) electrons. The summed E-state index contributed by atoms with van der Waals surface area (Å²) in [5.74, 6) is -0.635. The van der Waals surface area contributed by atoms with E-state index in [0.29, 0.717) is 38.1 Å². The van der Waals surface area contributed by atoms with Crippen LogP contribution in [0.1, 0.15) is 35.7 Å². The molecule has 3 aromatic rings. The Morgan fingerprint density at radius 1 is 1.16 bits per heavy atom. The van der Waals surface area contributed by atoms with Gasteiger partial charge in [0, 0.05) is 15.6 Å². The van der Waals surface area contributed by atoms with Gasteiger partial charge in [-0.25, -0.2) is 0 Å². The molecule has 1 heterocycles. The molecule has 0 aliphatic carbocycles. The number of thioether (sulfide) groups is 1. The number of esters is 1. The summed E-state index contributed by atoms with van der Waals surface area (Å²) in [7, 11) is 0. The standard InChI is InChI=1S/C22H21Cl2N3O3S2/c1-2-3-11-30-20(29)18(13-15-12-16(23)9-10-17(15)24)31-22-27-26-21(32-22)25-19(28)14-7-5-4-6-8-14/h4-10,12,18H,2-3,11,13H2,1H3,(H,25,26,28)/t18-/m0/s1. The van der Waals surface area contributed by atoms with Gasteiger partial charge in [0.1, 0.15) is 5.25 Å². The molecule has 1 N–H and O–H groups in total. The van der Waals surface area contributed by atoms with Crippen molar-refractivity contribution in [3.05, 3.63) is 69.7 Å². The second-order valence-corrected chi connectivity index (χ2v) is 10.0. The van der Waals surface area contributed by atoms with E-state index in [0.717, 1.165) is 18.4 Å². The van der Waals surface area contributed by atoms with Crippen molar-refractivity contribution in [3.63, 3.8) is 0 Å². The van der Waals surface area contributed by atoms with Gasteiger partial charge in [0.05, 0.1) is 6.61 Å². The molecule has 1 amide bonds. The van der Waals surface area contributed by atoms with Crippen molar-refractivity contribution in [2.75, 3.05) is 11.9 Å². The fraction of sp³-hybridized carbons (Fsp3) is 0.273. The van der Waals surface area contributed by atoms with Crippen molar-refractivity contribution in [1.29, 1.82) is 0 Å². The summed E-state index contributed by atoms with van der Waals surface area (Å²) in [6, 6.07) is 14.0. The molecule has 168 valence electrons. The van der Waals surface area contributed by atoms with Crippen molar-refractivity contribution < 1.29 is 14.3 Å². The third-order valence-electron chi connectivity index (χ3n) is 4.32. The zero-order chi connectivity index (χ0) is 22.9. The average molecular weight is 510 g/mol. The van der Waals surface area contributed by atoms with Crippen LogP contribution in [-0.2, 0) is 16.0 Å². The first kappa shape index (κ1) is 24.5. The summed E-state index contributed by atoms with van der Waals surface area (Å²) in [6.45, 7) is 2.38. The van der Waals surface area contributed by atoms with Gasteiger partial charge in [-0.1, -0.05) is 77.8 Å². The lowest BCUT2D eigenvalue weighted by Gasteiger charge is -2.15. The number of aromatic nitrogens is 2. The Morgan fingerprint density at radius 2 is 1.94 bits per heavy atom. The van der Waals surface area contributed by atoms with Crippen LogP contribution in [0.2, 0.25) is 10.0 Å². The Morgan fingerprint density at radius 3 is 2.69 bits per heavy atom. The van der Waals surface area contributed by atoms with E-state index in [1.807, 2.05) is 13.0 Å². The van der Waals surface area contributed by atoms with E-state index in [-0.39, 0.29) is 11.9 Å². The number of ether oxygens (including phenoxy) is 1. The van der Waals surface area contributed by atoms with Gasteiger partial charge in [-0.05, 0) is 48.7 Å². The van der Waals surface area contributed by atoms with E-state index in [1.54, 1.807) is 42.5 Å². The van der Waals surface area contributed by atoms with Crippen molar-refractivity contribution >= 4 is 63.3 Å². The number of nitrogens with zero attached hydrogens (tertiary/aromatic N) is 2. The maximum Gasteiger partial charge on any atom is 0.319 e. The number of hydrogen-bond acceptors (Lipinski definition) is 7. The monoisotopic (exact) mass is 509 g/mol. The number of amides is 1. The summed E-state index contributed by atoms with van der Waals surface area (Å²) >= 11 is 14.8. The van der Waals surface area contributed by atoms with Crippen LogP contribution < -0.4 is 5.32 Å². The van der Waals surface area contributed by atoms with E-state index in [4.69, 9.17) is 27.9 Å². The number of hydrogen-bond donors (Lipinski definition) is 1. The Labute approximate surface area is 204 Å². The SMILES string of the molecule is CCCCOC(=O)[C@H](Cc1cc(Cl)ccc1Cl)Sc1nnc(NC(=O)c2ccccc2)s1. The minimum atomic E-state index is -0.589. The Balaban J connectivity index is 1.72. The third kappa shape index (κ3) is 7.20. The number of unbranched alkanes of at least 4 members (excludes halogenated alkanes) is 1. The molecule has 0 saturated heterocycles. The largest absolute Gasteiger partial charge is 0.465 e. The highest BCUT2D eigenvalue weighted by Crippen LogP contribution is 2.33. The molecule has 0 fully saturated rings. The van der Waals surface area contributed by atoms with Crippen LogP contribution in [0.25, 0.3) is 0 Å². The maximum atomic E-state index is 12.8. The van der Waals surface area contributed by atoms with Gasteiger partial charge in [0.25, 0.3) is 5.91 Å². The van der Waals surface area contributed by atoms with Gasteiger partial charge in [0.2, 0.25) is 5.13 Å². The lowest BCUT2D eigenvalue weighted by atomic mass is 10.1. The highest BCUT2D eigenvalue weighted by Gasteiger charge is 2.25. The van der Waals surface area contributed by atoms with Crippen molar-refractivity contribution in [3.8, 4) is 0 Å². The number of carbonyl (C=O) groups is 2. The van der Waals surface area contributed by atoms with Gasteiger partial charge in [0.15, 0.2) is 4.34 Å². The van der Waals surface area contributed by atoms with Crippen LogP contribution in [0.4, 0.5) is 5.13 Å². The minimum Gasteiger partial charge on any atom is -0.465 e. The van der Waals surface area contributed by atoms with Gasteiger partial charge < -0.3 is 4.74 Å². The van der Waals surface area contributed by atoms with Gasteiger partial charge in [-0.3, -0.25) is 14.9 Å². The molecule has 1 aromatic heterocycles. The molecule has 10 heteroatoms. The third-order valence-corrected chi connectivity index (χ3v) is 7.03. The van der Waals surface area contributed by atoms with E-state index < -0.39 is 5.25 Å². The summed E-state index contributed by atoms with van der Waals surface area (Å²) in [4.78, 5) is 25.1.